The predicted molar refractivity (Wildman–Crippen MR) is 111 cm³/mol. The van der Waals surface area contributed by atoms with Crippen molar-refractivity contribution >= 4 is 11.6 Å². The lowest BCUT2D eigenvalue weighted by molar-refractivity contribution is -0.116. The number of carbonyl (C=O) groups excluding carboxylic acids is 1. The Bertz CT molecular complexity index is 739. The summed E-state index contributed by atoms with van der Waals surface area (Å²) in [5.74, 6) is 0.0823. The molecule has 5 heteroatoms. The second kappa shape index (κ2) is 12.6. The topological polar surface area (TPSA) is 77.9 Å². The van der Waals surface area contributed by atoms with E-state index >= 15 is 0 Å². The van der Waals surface area contributed by atoms with Gasteiger partial charge >= 0.3 is 0 Å². The van der Waals surface area contributed by atoms with E-state index in [1.54, 1.807) is 0 Å². The fourth-order valence-electron chi connectivity index (χ4n) is 3.04. The summed E-state index contributed by atoms with van der Waals surface area (Å²) >= 11 is 0. The summed E-state index contributed by atoms with van der Waals surface area (Å²) in [6.45, 7) is 0.585. The number of azide groups is 1. The molecule has 27 heavy (non-hydrogen) atoms. The monoisotopic (exact) mass is 364 g/mol. The Morgan fingerprint density at radius 1 is 0.889 bits per heavy atom. The molecule has 0 atom stereocenters. The third-order valence-electron chi connectivity index (χ3n) is 4.50. The van der Waals surface area contributed by atoms with Crippen LogP contribution in [-0.4, -0.2) is 12.5 Å². The molecule has 142 valence electrons. The second-order valence-electron chi connectivity index (χ2n) is 6.69. The van der Waals surface area contributed by atoms with Gasteiger partial charge in [-0.15, -0.1) is 0 Å². The third kappa shape index (κ3) is 8.43. The molecular formula is C22H28N4O. The van der Waals surface area contributed by atoms with E-state index in [0.717, 1.165) is 56.2 Å². The van der Waals surface area contributed by atoms with Gasteiger partial charge in [-0.1, -0.05) is 79.3 Å². The second-order valence-corrected chi connectivity index (χ2v) is 6.69. The molecule has 0 fully saturated rings. The number of rotatable bonds is 12. The maximum atomic E-state index is 12.3. The van der Waals surface area contributed by atoms with Gasteiger partial charge in [0.2, 0.25) is 5.91 Å². The number of amides is 1. The molecule has 0 spiro atoms. The predicted octanol–water partition coefficient (Wildman–Crippen LogP) is 6.26. The highest BCUT2D eigenvalue weighted by Gasteiger charge is 2.07. The van der Waals surface area contributed by atoms with Crippen LogP contribution in [0, 0.1) is 0 Å². The van der Waals surface area contributed by atoms with Crippen LogP contribution in [0.4, 0.5) is 5.69 Å². The van der Waals surface area contributed by atoms with Crippen LogP contribution in [0.5, 0.6) is 0 Å². The number of nitrogens with zero attached hydrogens (tertiary/aromatic N) is 3. The Morgan fingerprint density at radius 2 is 1.56 bits per heavy atom. The maximum Gasteiger partial charge on any atom is 0.224 e. The van der Waals surface area contributed by atoms with Crippen molar-refractivity contribution in [2.24, 2.45) is 5.11 Å². The summed E-state index contributed by atoms with van der Waals surface area (Å²) in [6, 6.07) is 18.3. The maximum absolute atomic E-state index is 12.3. The van der Waals surface area contributed by atoms with E-state index in [2.05, 4.69) is 33.5 Å². The van der Waals surface area contributed by atoms with Gasteiger partial charge in [0, 0.05) is 23.6 Å². The van der Waals surface area contributed by atoms with Crippen molar-refractivity contribution in [3.63, 3.8) is 0 Å². The number of para-hydroxylation sites is 1. The van der Waals surface area contributed by atoms with Crippen LogP contribution >= 0.6 is 0 Å². The van der Waals surface area contributed by atoms with Gasteiger partial charge in [-0.05, 0) is 42.0 Å². The first-order valence-electron chi connectivity index (χ1n) is 9.72. The number of carbonyl (C=O) groups is 1. The molecule has 0 bridgehead atoms. The molecule has 1 amide bonds. The molecule has 0 aliphatic carbocycles. The number of hydrogen-bond donors (Lipinski definition) is 1. The minimum absolute atomic E-state index is 0.0823. The van der Waals surface area contributed by atoms with E-state index in [4.69, 9.17) is 5.53 Å². The SMILES string of the molecule is [N-]=[N+]=NCCCCCCCCC(=O)Nc1ccccc1Cc1ccccc1. The molecule has 2 aromatic carbocycles. The molecule has 1 N–H and O–H groups in total. The summed E-state index contributed by atoms with van der Waals surface area (Å²) in [5, 5.41) is 6.60. The van der Waals surface area contributed by atoms with Crippen molar-refractivity contribution in [3.05, 3.63) is 76.2 Å². The van der Waals surface area contributed by atoms with Crippen molar-refractivity contribution in [1.29, 1.82) is 0 Å². The average molecular weight is 364 g/mol. The van der Waals surface area contributed by atoms with Gasteiger partial charge in [0.05, 0.1) is 0 Å². The van der Waals surface area contributed by atoms with E-state index in [1.165, 1.54) is 5.56 Å². The van der Waals surface area contributed by atoms with Gasteiger partial charge in [0.15, 0.2) is 0 Å². The summed E-state index contributed by atoms with van der Waals surface area (Å²) in [6.07, 6.45) is 7.60. The summed E-state index contributed by atoms with van der Waals surface area (Å²) in [4.78, 5) is 15.0. The quantitative estimate of drug-likeness (QED) is 0.205. The van der Waals surface area contributed by atoms with E-state index in [1.807, 2.05) is 36.4 Å². The van der Waals surface area contributed by atoms with Crippen LogP contribution in [0.3, 0.4) is 0 Å². The molecule has 0 aliphatic heterocycles. The minimum atomic E-state index is 0.0823. The van der Waals surface area contributed by atoms with Gasteiger partial charge < -0.3 is 5.32 Å². The molecule has 0 heterocycles. The molecule has 5 nitrogen and oxygen atoms in total. The van der Waals surface area contributed by atoms with Crippen molar-refractivity contribution in [1.82, 2.24) is 0 Å². The highest BCUT2D eigenvalue weighted by atomic mass is 16.1. The van der Waals surface area contributed by atoms with Gasteiger partial charge in [0.1, 0.15) is 0 Å². The lowest BCUT2D eigenvalue weighted by Crippen LogP contribution is -2.12. The largest absolute Gasteiger partial charge is 0.326 e. The standard InChI is InChI=1S/C22H28N4O/c23-26-24-17-11-4-2-1-3-8-16-22(27)25-21-15-10-9-14-20(21)18-19-12-6-5-7-13-19/h5-7,9-10,12-15H,1-4,8,11,16-18H2,(H,25,27). The molecular weight excluding hydrogens is 336 g/mol. The lowest BCUT2D eigenvalue weighted by Gasteiger charge is -2.11. The number of anilines is 1. The highest BCUT2D eigenvalue weighted by Crippen LogP contribution is 2.19. The first kappa shape index (κ1) is 20.5. The number of nitrogens with one attached hydrogen (secondary N) is 1. The highest BCUT2D eigenvalue weighted by molar-refractivity contribution is 5.91. The molecule has 0 radical (unpaired) electrons. The van der Waals surface area contributed by atoms with Crippen molar-refractivity contribution in [3.8, 4) is 0 Å². The molecule has 0 saturated carbocycles. The molecule has 0 aromatic heterocycles. The van der Waals surface area contributed by atoms with Gasteiger partial charge in [-0.3, -0.25) is 4.79 Å². The van der Waals surface area contributed by atoms with Gasteiger partial charge in [0.25, 0.3) is 0 Å². The Labute approximate surface area is 161 Å². The first-order valence-corrected chi connectivity index (χ1v) is 9.72. The van der Waals surface area contributed by atoms with E-state index in [0.29, 0.717) is 13.0 Å². The summed E-state index contributed by atoms with van der Waals surface area (Å²) in [5.41, 5.74) is 11.5. The number of unbranched alkanes of at least 4 members (excludes halogenated alkanes) is 5. The van der Waals surface area contributed by atoms with E-state index < -0.39 is 0 Å². The van der Waals surface area contributed by atoms with Crippen LogP contribution in [0.2, 0.25) is 0 Å². The summed E-state index contributed by atoms with van der Waals surface area (Å²) in [7, 11) is 0. The number of hydrogen-bond acceptors (Lipinski definition) is 2. The van der Waals surface area contributed by atoms with Crippen molar-refractivity contribution in [2.75, 3.05) is 11.9 Å². The Kier molecular flexibility index (Phi) is 9.55. The lowest BCUT2D eigenvalue weighted by atomic mass is 10.0. The zero-order valence-electron chi connectivity index (χ0n) is 15.8. The molecule has 2 rings (SSSR count). The van der Waals surface area contributed by atoms with E-state index in [-0.39, 0.29) is 5.91 Å². The first-order chi connectivity index (χ1) is 13.3. The van der Waals surface area contributed by atoms with Crippen LogP contribution in [0.15, 0.2) is 59.7 Å². The third-order valence-corrected chi connectivity index (χ3v) is 4.50. The van der Waals surface area contributed by atoms with Crippen molar-refractivity contribution < 1.29 is 4.79 Å². The summed E-state index contributed by atoms with van der Waals surface area (Å²) < 4.78 is 0. The Balaban J connectivity index is 1.69. The van der Waals surface area contributed by atoms with Crippen LogP contribution in [-0.2, 0) is 11.2 Å². The molecule has 0 aliphatic rings. The van der Waals surface area contributed by atoms with E-state index in [9.17, 15) is 4.79 Å². The average Bonchev–Trinajstić information content (AvgIpc) is 2.69. The Hall–Kier alpha value is -2.78. The fourth-order valence-corrected chi connectivity index (χ4v) is 3.04. The van der Waals surface area contributed by atoms with Crippen LogP contribution < -0.4 is 5.32 Å². The fraction of sp³-hybridized carbons (Fsp3) is 0.409. The smallest absolute Gasteiger partial charge is 0.224 e. The van der Waals surface area contributed by atoms with Crippen LogP contribution in [0.25, 0.3) is 10.4 Å². The number of benzene rings is 2. The molecule has 0 saturated heterocycles. The van der Waals surface area contributed by atoms with Crippen LogP contribution in [0.1, 0.15) is 56.1 Å². The minimum Gasteiger partial charge on any atom is -0.326 e. The normalized spacial score (nSPS) is 10.2. The van der Waals surface area contributed by atoms with Crippen molar-refractivity contribution in [2.45, 2.75) is 51.4 Å². The van der Waals surface area contributed by atoms with Gasteiger partial charge in [-0.2, -0.15) is 0 Å². The zero-order chi connectivity index (χ0) is 19.2. The van der Waals surface area contributed by atoms with Gasteiger partial charge in [-0.25, -0.2) is 0 Å². The Morgan fingerprint density at radius 3 is 2.33 bits per heavy atom. The molecule has 2 aromatic rings. The molecule has 0 unspecified atom stereocenters. The zero-order valence-corrected chi connectivity index (χ0v) is 15.8.